The average Bonchev–Trinajstić information content (AvgIpc) is 3.04. The van der Waals surface area contributed by atoms with Crippen LogP contribution in [-0.4, -0.2) is 26.4 Å². The number of fused-ring (bicyclic) bond motifs is 5. The van der Waals surface area contributed by atoms with Crippen molar-refractivity contribution in [3.63, 3.8) is 0 Å². The Morgan fingerprint density at radius 1 is 1.21 bits per heavy atom. The van der Waals surface area contributed by atoms with Gasteiger partial charge in [0.05, 0.1) is 29.0 Å². The summed E-state index contributed by atoms with van der Waals surface area (Å²) in [5.41, 5.74) is 4.08. The molecule has 6 rings (SSSR count). The van der Waals surface area contributed by atoms with Gasteiger partial charge in [-0.05, 0) is 24.1 Å². The van der Waals surface area contributed by atoms with Crippen molar-refractivity contribution >= 4 is 28.6 Å². The molecule has 5 heterocycles. The molecule has 8 heteroatoms. The molecule has 0 saturated heterocycles. The predicted octanol–water partition coefficient (Wildman–Crippen LogP) is 2.30. The Kier molecular flexibility index (Phi) is 3.15. The first-order valence-electron chi connectivity index (χ1n) is 8.92. The molecule has 0 radical (unpaired) electrons. The summed E-state index contributed by atoms with van der Waals surface area (Å²) in [4.78, 5) is 30.3. The molecule has 3 aliphatic rings. The second-order valence-electron chi connectivity index (χ2n) is 7.18. The second kappa shape index (κ2) is 5.42. The van der Waals surface area contributed by atoms with Crippen molar-refractivity contribution in [2.24, 2.45) is 0 Å². The summed E-state index contributed by atoms with van der Waals surface area (Å²) >= 11 is 1.61. The molecule has 3 aliphatic heterocycles. The lowest BCUT2D eigenvalue weighted by Crippen LogP contribution is -2.32. The van der Waals surface area contributed by atoms with E-state index in [0.29, 0.717) is 29.0 Å². The van der Waals surface area contributed by atoms with Crippen LogP contribution in [0.25, 0.3) is 22.3 Å². The van der Waals surface area contributed by atoms with Gasteiger partial charge in [-0.1, -0.05) is 0 Å². The van der Waals surface area contributed by atoms with Crippen molar-refractivity contribution in [1.82, 2.24) is 9.55 Å². The molecular formula is C20H13FN2O4S. The van der Waals surface area contributed by atoms with E-state index in [1.165, 1.54) is 12.1 Å². The highest BCUT2D eigenvalue weighted by Gasteiger charge is 2.35. The summed E-state index contributed by atoms with van der Waals surface area (Å²) in [6, 6.07) is 4.60. The standard InChI is InChI=1S/C20H13FN2O4S/c21-8-3-13-16-9(1-2-28-15(16)4-8)11-6-23-14(17(11)22-13)5-10-12(19(23)25)7-27-20(26)18(10)24/h3-5,18,24H,1-2,6-7H2. The fraction of sp³-hybridized carbons (Fsp3) is 0.250. The molecule has 0 fully saturated rings. The summed E-state index contributed by atoms with van der Waals surface area (Å²) in [7, 11) is 0. The Balaban J connectivity index is 1.68. The number of aromatic nitrogens is 2. The number of aryl methyl sites for hydroxylation is 1. The number of esters is 1. The predicted molar refractivity (Wildman–Crippen MR) is 99.7 cm³/mol. The number of ether oxygens (including phenoxy) is 1. The minimum atomic E-state index is -1.48. The maximum absolute atomic E-state index is 14.1. The van der Waals surface area contributed by atoms with E-state index in [2.05, 4.69) is 4.98 Å². The lowest BCUT2D eigenvalue weighted by molar-refractivity contribution is -0.157. The molecule has 1 aromatic carbocycles. The SMILES string of the molecule is O=C1OCc2c(cc3n(c2=O)Cc2c-3nc3cc(F)cc4c3c2CCS4)C1O. The van der Waals surface area contributed by atoms with Gasteiger partial charge in [-0.3, -0.25) is 4.79 Å². The number of carbonyl (C=O) groups is 1. The van der Waals surface area contributed by atoms with E-state index in [1.54, 1.807) is 22.4 Å². The van der Waals surface area contributed by atoms with E-state index in [0.717, 1.165) is 33.6 Å². The van der Waals surface area contributed by atoms with Crippen LogP contribution >= 0.6 is 11.8 Å². The fourth-order valence-electron chi connectivity index (χ4n) is 4.43. The van der Waals surface area contributed by atoms with Crippen molar-refractivity contribution in [1.29, 1.82) is 0 Å². The molecule has 0 amide bonds. The number of cyclic esters (lactones) is 1. The molecule has 0 bridgehead atoms. The third kappa shape index (κ3) is 1.99. The summed E-state index contributed by atoms with van der Waals surface area (Å²) in [5, 5.41) is 11.2. The Labute approximate surface area is 162 Å². The first-order chi connectivity index (χ1) is 13.5. The Morgan fingerprint density at radius 3 is 2.93 bits per heavy atom. The van der Waals surface area contributed by atoms with Crippen molar-refractivity contribution in [3.05, 3.63) is 56.6 Å². The van der Waals surface area contributed by atoms with Gasteiger partial charge in [0, 0.05) is 33.2 Å². The number of pyridine rings is 2. The second-order valence-corrected chi connectivity index (χ2v) is 8.32. The molecular weight excluding hydrogens is 383 g/mol. The summed E-state index contributed by atoms with van der Waals surface area (Å²) in [5.74, 6) is -0.264. The molecule has 0 aliphatic carbocycles. The Morgan fingerprint density at radius 2 is 2.07 bits per heavy atom. The molecule has 6 nitrogen and oxygen atoms in total. The van der Waals surface area contributed by atoms with Crippen LogP contribution in [-0.2, 0) is 29.1 Å². The number of benzene rings is 1. The highest BCUT2D eigenvalue weighted by Crippen LogP contribution is 2.43. The molecule has 2 aromatic heterocycles. The van der Waals surface area contributed by atoms with Crippen LogP contribution in [0.5, 0.6) is 0 Å². The van der Waals surface area contributed by atoms with Crippen LogP contribution in [0.15, 0.2) is 27.9 Å². The Hall–Kier alpha value is -2.71. The number of carbonyl (C=O) groups excluding carboxylic acids is 1. The molecule has 28 heavy (non-hydrogen) atoms. The molecule has 140 valence electrons. The highest BCUT2D eigenvalue weighted by atomic mass is 32.2. The largest absolute Gasteiger partial charge is 0.458 e. The van der Waals surface area contributed by atoms with E-state index < -0.39 is 12.1 Å². The minimum absolute atomic E-state index is 0.144. The summed E-state index contributed by atoms with van der Waals surface area (Å²) in [6.07, 6.45) is -0.664. The van der Waals surface area contributed by atoms with Gasteiger partial charge in [0.25, 0.3) is 5.56 Å². The minimum Gasteiger partial charge on any atom is -0.458 e. The fourth-order valence-corrected chi connectivity index (χ4v) is 5.53. The summed E-state index contributed by atoms with van der Waals surface area (Å²) < 4.78 is 20.6. The van der Waals surface area contributed by atoms with Gasteiger partial charge in [-0.25, -0.2) is 14.2 Å². The number of nitrogens with zero attached hydrogens (tertiary/aromatic N) is 2. The number of aliphatic hydroxyl groups is 1. The van der Waals surface area contributed by atoms with Crippen LogP contribution in [0.1, 0.15) is 28.4 Å². The number of rotatable bonds is 0. The molecule has 3 aromatic rings. The maximum Gasteiger partial charge on any atom is 0.340 e. The zero-order valence-electron chi connectivity index (χ0n) is 14.5. The monoisotopic (exact) mass is 396 g/mol. The number of hydrogen-bond acceptors (Lipinski definition) is 6. The van der Waals surface area contributed by atoms with Crippen molar-refractivity contribution in [3.8, 4) is 11.4 Å². The molecule has 1 atom stereocenters. The van der Waals surface area contributed by atoms with Gasteiger partial charge >= 0.3 is 5.97 Å². The number of aliphatic hydroxyl groups excluding tert-OH is 1. The lowest BCUT2D eigenvalue weighted by atomic mass is 9.97. The van der Waals surface area contributed by atoms with Gasteiger partial charge in [-0.2, -0.15) is 0 Å². The van der Waals surface area contributed by atoms with E-state index >= 15 is 0 Å². The molecule has 1 unspecified atom stereocenters. The molecule has 0 saturated carbocycles. The zero-order chi connectivity index (χ0) is 19.2. The van der Waals surface area contributed by atoms with Gasteiger partial charge < -0.3 is 14.4 Å². The van der Waals surface area contributed by atoms with Crippen LogP contribution in [0.4, 0.5) is 4.39 Å². The topological polar surface area (TPSA) is 81.4 Å². The lowest BCUT2D eigenvalue weighted by Gasteiger charge is -2.21. The van der Waals surface area contributed by atoms with E-state index in [1.807, 2.05) is 0 Å². The van der Waals surface area contributed by atoms with Gasteiger partial charge in [0.2, 0.25) is 0 Å². The van der Waals surface area contributed by atoms with Gasteiger partial charge in [-0.15, -0.1) is 11.8 Å². The van der Waals surface area contributed by atoms with E-state index in [9.17, 15) is 19.1 Å². The van der Waals surface area contributed by atoms with Crippen molar-refractivity contribution in [2.75, 3.05) is 5.75 Å². The maximum atomic E-state index is 14.1. The average molecular weight is 396 g/mol. The van der Waals surface area contributed by atoms with Crippen LogP contribution in [0.2, 0.25) is 0 Å². The van der Waals surface area contributed by atoms with Crippen LogP contribution in [0, 0.1) is 5.82 Å². The zero-order valence-corrected chi connectivity index (χ0v) is 15.3. The van der Waals surface area contributed by atoms with Crippen molar-refractivity contribution in [2.45, 2.75) is 30.6 Å². The first-order valence-corrected chi connectivity index (χ1v) is 9.91. The van der Waals surface area contributed by atoms with Crippen LogP contribution < -0.4 is 5.56 Å². The van der Waals surface area contributed by atoms with Crippen LogP contribution in [0.3, 0.4) is 0 Å². The molecule has 0 spiro atoms. The van der Waals surface area contributed by atoms with E-state index in [4.69, 9.17) is 4.74 Å². The third-order valence-electron chi connectivity index (χ3n) is 5.71. The van der Waals surface area contributed by atoms with Gasteiger partial charge in [0.1, 0.15) is 12.4 Å². The number of hydrogen-bond donors (Lipinski definition) is 1. The van der Waals surface area contributed by atoms with Gasteiger partial charge in [0.15, 0.2) is 6.10 Å². The number of halogens is 1. The molecule has 1 N–H and O–H groups in total. The first kappa shape index (κ1) is 16.3. The smallest absolute Gasteiger partial charge is 0.340 e. The third-order valence-corrected chi connectivity index (χ3v) is 6.75. The Bertz CT molecular complexity index is 1300. The quantitative estimate of drug-likeness (QED) is 0.460. The highest BCUT2D eigenvalue weighted by molar-refractivity contribution is 7.99. The van der Waals surface area contributed by atoms with Crippen molar-refractivity contribution < 1.29 is 19.0 Å². The summed E-state index contributed by atoms with van der Waals surface area (Å²) in [6.45, 7) is 0.232. The number of thioether (sulfide) groups is 1. The van der Waals surface area contributed by atoms with E-state index in [-0.39, 0.29) is 23.5 Å². The normalized spacial score (nSPS) is 19.2.